The van der Waals surface area contributed by atoms with Crippen LogP contribution in [0.25, 0.3) is 10.9 Å². The molecule has 0 spiro atoms. The number of hydrogen-bond acceptors (Lipinski definition) is 4. The van der Waals surface area contributed by atoms with Gasteiger partial charge in [0.05, 0.1) is 26.1 Å². The monoisotopic (exact) mass is 555 g/mol. The number of hydrogen-bond donors (Lipinski definition) is 1. The number of aromatic nitrogens is 2. The van der Waals surface area contributed by atoms with Crippen molar-refractivity contribution in [2.75, 3.05) is 0 Å². The van der Waals surface area contributed by atoms with Gasteiger partial charge >= 0.3 is 0 Å². The topological polar surface area (TPSA) is 67.5 Å². The number of nitrogens with zero attached hydrogens (tertiary/aromatic N) is 3. The molecule has 0 aliphatic carbocycles. The Morgan fingerprint density at radius 2 is 1.74 bits per heavy atom. The van der Waals surface area contributed by atoms with Gasteiger partial charge < -0.3 is 5.11 Å². The first-order valence-corrected chi connectivity index (χ1v) is 10.4. The minimum Gasteiger partial charge on any atom is -0.506 e. The van der Waals surface area contributed by atoms with Crippen LogP contribution in [0.15, 0.2) is 53.6 Å². The Labute approximate surface area is 181 Å². The van der Waals surface area contributed by atoms with Gasteiger partial charge in [-0.3, -0.25) is 4.79 Å². The van der Waals surface area contributed by atoms with Crippen molar-refractivity contribution in [3.05, 3.63) is 65.5 Å². The smallest absolute Gasteiger partial charge is 0.282 e. The number of rotatable bonds is 2. The molecular weight excluding hydrogens is 542 g/mol. The number of halogens is 3. The van der Waals surface area contributed by atoms with Crippen LogP contribution in [0.5, 0.6) is 5.75 Å². The van der Waals surface area contributed by atoms with Gasteiger partial charge in [0.25, 0.3) is 5.56 Å². The van der Waals surface area contributed by atoms with Crippen molar-refractivity contribution < 1.29 is 5.11 Å². The third kappa shape index (κ3) is 4.17. The lowest BCUT2D eigenvalue weighted by Crippen LogP contribution is -2.29. The average Bonchev–Trinajstić information content (AvgIpc) is 2.58. The summed E-state index contributed by atoms with van der Waals surface area (Å²) in [5.74, 6) is 0.674. The zero-order valence-electron chi connectivity index (χ0n) is 14.8. The van der Waals surface area contributed by atoms with Crippen LogP contribution in [-0.2, 0) is 5.41 Å². The highest BCUT2D eigenvalue weighted by Gasteiger charge is 2.22. The first-order valence-electron chi connectivity index (χ1n) is 8.03. The Bertz CT molecular complexity index is 1110. The second kappa shape index (κ2) is 7.48. The first-order chi connectivity index (χ1) is 12.6. The van der Waals surface area contributed by atoms with E-state index >= 15 is 0 Å². The summed E-state index contributed by atoms with van der Waals surface area (Å²) >= 11 is 9.99. The zero-order chi connectivity index (χ0) is 19.9. The summed E-state index contributed by atoms with van der Waals surface area (Å²) in [7, 11) is 0. The normalized spacial score (nSPS) is 12.2. The molecule has 0 saturated heterocycles. The van der Waals surface area contributed by atoms with E-state index < -0.39 is 0 Å². The van der Waals surface area contributed by atoms with Crippen molar-refractivity contribution in [2.24, 2.45) is 5.10 Å². The maximum Gasteiger partial charge on any atom is 0.282 e. The van der Waals surface area contributed by atoms with Gasteiger partial charge in [0.2, 0.25) is 0 Å². The third-order valence-electron chi connectivity index (χ3n) is 3.84. The number of phenolic OH excluding ortho intramolecular Hbond substituents is 1. The van der Waals surface area contributed by atoms with Gasteiger partial charge in [-0.2, -0.15) is 9.78 Å². The molecule has 140 valence electrons. The molecule has 1 heterocycles. The molecule has 0 unspecified atom stereocenters. The highest BCUT2D eigenvalue weighted by atomic mass is 79.9. The van der Waals surface area contributed by atoms with E-state index in [4.69, 9.17) is 0 Å². The average molecular weight is 558 g/mol. The molecular formula is C19H16Br3N3O2. The molecule has 8 heteroatoms. The number of phenols is 1. The molecule has 1 aromatic heterocycles. The largest absolute Gasteiger partial charge is 0.506 e. The van der Waals surface area contributed by atoms with Crippen molar-refractivity contribution in [3.8, 4) is 5.75 Å². The standard InChI is InChI=1S/C19H16Br3N3O2/c1-19(2,3)18-24-15-5-4-11(20)8-12(15)17(27)25(18)23-9-10-6-13(21)16(26)14(22)7-10/h4-9,26H,1-3H3. The lowest BCUT2D eigenvalue weighted by Gasteiger charge is -2.20. The van der Waals surface area contributed by atoms with Crippen LogP contribution >= 0.6 is 47.8 Å². The molecule has 0 bridgehead atoms. The first kappa shape index (κ1) is 20.2. The van der Waals surface area contributed by atoms with Crippen molar-refractivity contribution in [3.63, 3.8) is 0 Å². The zero-order valence-corrected chi connectivity index (χ0v) is 19.6. The van der Waals surface area contributed by atoms with Crippen LogP contribution < -0.4 is 5.56 Å². The SMILES string of the molecule is CC(C)(C)c1nc2ccc(Br)cc2c(=O)n1N=Cc1cc(Br)c(O)c(Br)c1. The molecule has 2 aromatic carbocycles. The second-order valence-electron chi connectivity index (χ2n) is 7.04. The van der Waals surface area contributed by atoms with Gasteiger partial charge in [0.15, 0.2) is 0 Å². The summed E-state index contributed by atoms with van der Waals surface area (Å²) in [5.41, 5.74) is 0.732. The lowest BCUT2D eigenvalue weighted by atomic mass is 9.95. The van der Waals surface area contributed by atoms with E-state index in [1.807, 2.05) is 32.9 Å². The highest BCUT2D eigenvalue weighted by molar-refractivity contribution is 9.11. The summed E-state index contributed by atoms with van der Waals surface area (Å²) in [6, 6.07) is 8.86. The molecule has 0 aliphatic rings. The van der Waals surface area contributed by atoms with E-state index in [1.165, 1.54) is 4.68 Å². The number of aromatic hydroxyl groups is 1. The maximum absolute atomic E-state index is 13.1. The molecule has 1 N–H and O–H groups in total. The fourth-order valence-corrected chi connectivity index (χ4v) is 4.11. The van der Waals surface area contributed by atoms with E-state index in [2.05, 4.69) is 57.9 Å². The van der Waals surface area contributed by atoms with Gasteiger partial charge in [0, 0.05) is 9.89 Å². The van der Waals surface area contributed by atoms with Gasteiger partial charge in [0.1, 0.15) is 11.6 Å². The van der Waals surface area contributed by atoms with Gasteiger partial charge in [-0.05, 0) is 67.8 Å². The Balaban J connectivity index is 2.23. The lowest BCUT2D eigenvalue weighted by molar-refractivity contribution is 0.468. The van der Waals surface area contributed by atoms with Crippen molar-refractivity contribution in [1.29, 1.82) is 0 Å². The predicted octanol–water partition coefficient (Wildman–Crippen LogP) is 5.57. The molecule has 0 aliphatic heterocycles. The van der Waals surface area contributed by atoms with Crippen LogP contribution in [0, 0.1) is 0 Å². The van der Waals surface area contributed by atoms with Crippen molar-refractivity contribution >= 4 is 64.9 Å². The summed E-state index contributed by atoms with van der Waals surface area (Å²) in [5, 5.41) is 14.7. The summed E-state index contributed by atoms with van der Waals surface area (Å²) in [6.07, 6.45) is 1.57. The van der Waals surface area contributed by atoms with Gasteiger partial charge in [-0.1, -0.05) is 36.7 Å². The summed E-state index contributed by atoms with van der Waals surface area (Å²) in [4.78, 5) is 17.8. The molecule has 0 radical (unpaired) electrons. The van der Waals surface area contributed by atoms with Crippen LogP contribution in [0.2, 0.25) is 0 Å². The van der Waals surface area contributed by atoms with Crippen molar-refractivity contribution in [1.82, 2.24) is 9.66 Å². The Hall–Kier alpha value is -1.51. The van der Waals surface area contributed by atoms with Gasteiger partial charge in [-0.25, -0.2) is 4.98 Å². The molecule has 5 nitrogen and oxygen atoms in total. The summed E-state index contributed by atoms with van der Waals surface area (Å²) in [6.45, 7) is 5.96. The highest BCUT2D eigenvalue weighted by Crippen LogP contribution is 2.33. The Morgan fingerprint density at radius 1 is 1.11 bits per heavy atom. The number of fused-ring (bicyclic) bond motifs is 1. The van der Waals surface area contributed by atoms with Gasteiger partial charge in [-0.15, -0.1) is 0 Å². The van der Waals surface area contributed by atoms with E-state index in [1.54, 1.807) is 24.4 Å². The molecule has 0 fully saturated rings. The predicted molar refractivity (Wildman–Crippen MR) is 119 cm³/mol. The second-order valence-corrected chi connectivity index (χ2v) is 9.67. The van der Waals surface area contributed by atoms with Crippen LogP contribution in [0.4, 0.5) is 0 Å². The van der Waals surface area contributed by atoms with Crippen LogP contribution in [0.1, 0.15) is 32.2 Å². The van der Waals surface area contributed by atoms with E-state index in [9.17, 15) is 9.90 Å². The summed E-state index contributed by atoms with van der Waals surface area (Å²) < 4.78 is 3.20. The van der Waals surface area contributed by atoms with Crippen LogP contribution in [0.3, 0.4) is 0 Å². The molecule has 0 atom stereocenters. The molecule has 3 aromatic rings. The Kier molecular flexibility index (Phi) is 5.61. The minimum atomic E-state index is -0.381. The van der Waals surface area contributed by atoms with E-state index in [0.717, 1.165) is 4.47 Å². The fraction of sp³-hybridized carbons (Fsp3) is 0.211. The van der Waals surface area contributed by atoms with E-state index in [-0.39, 0.29) is 16.7 Å². The van der Waals surface area contributed by atoms with Crippen LogP contribution in [-0.4, -0.2) is 21.0 Å². The Morgan fingerprint density at radius 3 is 2.33 bits per heavy atom. The number of benzene rings is 2. The molecule has 3 rings (SSSR count). The van der Waals surface area contributed by atoms with E-state index in [0.29, 0.717) is 31.2 Å². The molecule has 0 amide bonds. The minimum absolute atomic E-state index is 0.108. The third-order valence-corrected chi connectivity index (χ3v) is 5.54. The molecule has 0 saturated carbocycles. The fourth-order valence-electron chi connectivity index (χ4n) is 2.53. The quantitative estimate of drug-likeness (QED) is 0.419. The molecule has 27 heavy (non-hydrogen) atoms. The van der Waals surface area contributed by atoms with Crippen molar-refractivity contribution in [2.45, 2.75) is 26.2 Å². The maximum atomic E-state index is 13.1.